The second-order valence-corrected chi connectivity index (χ2v) is 5.53. The van der Waals surface area contributed by atoms with E-state index in [1.165, 1.54) is 0 Å². The van der Waals surface area contributed by atoms with Crippen LogP contribution in [0.4, 0.5) is 0 Å². The number of hydrogen-bond donors (Lipinski definition) is 2. The number of hydrogen-bond acceptors (Lipinski definition) is 4. The fraction of sp³-hybridized carbons (Fsp3) is 0.625. The molecule has 112 valence electrons. The highest BCUT2D eigenvalue weighted by Gasteiger charge is 2.18. The Morgan fingerprint density at radius 3 is 2.20 bits per heavy atom. The highest BCUT2D eigenvalue weighted by atomic mass is 16.5. The van der Waals surface area contributed by atoms with E-state index in [9.17, 15) is 5.11 Å². The predicted molar refractivity (Wildman–Crippen MR) is 79.2 cm³/mol. The lowest BCUT2D eigenvalue weighted by molar-refractivity contribution is 0.108. The van der Waals surface area contributed by atoms with Crippen LogP contribution in [-0.4, -0.2) is 32.0 Å². The first-order valence-corrected chi connectivity index (χ1v) is 7.32. The third-order valence-corrected chi connectivity index (χ3v) is 3.99. The van der Waals surface area contributed by atoms with E-state index in [0.29, 0.717) is 5.92 Å². The molecule has 0 saturated heterocycles. The summed E-state index contributed by atoms with van der Waals surface area (Å²) in [7, 11) is 3.33. The Labute approximate surface area is 121 Å². The zero-order chi connectivity index (χ0) is 14.4. The Balaban J connectivity index is 1.81. The third kappa shape index (κ3) is 4.39. The van der Waals surface area contributed by atoms with E-state index in [-0.39, 0.29) is 6.10 Å². The van der Waals surface area contributed by atoms with E-state index in [4.69, 9.17) is 9.47 Å². The number of aliphatic hydroxyl groups excluding tert-OH is 1. The van der Waals surface area contributed by atoms with E-state index in [0.717, 1.165) is 55.8 Å². The van der Waals surface area contributed by atoms with E-state index in [1.807, 2.05) is 18.2 Å². The molecule has 1 aromatic carbocycles. The first kappa shape index (κ1) is 15.1. The van der Waals surface area contributed by atoms with Crippen LogP contribution in [0.5, 0.6) is 11.5 Å². The van der Waals surface area contributed by atoms with Gasteiger partial charge in [-0.25, -0.2) is 0 Å². The summed E-state index contributed by atoms with van der Waals surface area (Å²) >= 11 is 0. The van der Waals surface area contributed by atoms with E-state index in [1.54, 1.807) is 14.2 Å². The molecule has 4 heteroatoms. The van der Waals surface area contributed by atoms with Crippen molar-refractivity contribution in [2.45, 2.75) is 38.3 Å². The zero-order valence-electron chi connectivity index (χ0n) is 12.4. The summed E-state index contributed by atoms with van der Waals surface area (Å²) in [6.45, 7) is 1.82. The van der Waals surface area contributed by atoms with E-state index in [2.05, 4.69) is 5.32 Å². The Bertz CT molecular complexity index is 392. The third-order valence-electron chi connectivity index (χ3n) is 3.99. The van der Waals surface area contributed by atoms with Crippen LogP contribution < -0.4 is 14.8 Å². The lowest BCUT2D eigenvalue weighted by atomic mass is 9.87. The van der Waals surface area contributed by atoms with Crippen LogP contribution >= 0.6 is 0 Å². The topological polar surface area (TPSA) is 50.7 Å². The lowest BCUT2D eigenvalue weighted by Gasteiger charge is -2.25. The van der Waals surface area contributed by atoms with Gasteiger partial charge in [0.15, 0.2) is 0 Å². The molecule has 1 saturated carbocycles. The molecule has 0 aliphatic heterocycles. The van der Waals surface area contributed by atoms with Crippen molar-refractivity contribution in [1.29, 1.82) is 0 Å². The summed E-state index contributed by atoms with van der Waals surface area (Å²) in [6, 6.07) is 5.94. The molecular weight excluding hydrogens is 254 g/mol. The van der Waals surface area contributed by atoms with Gasteiger partial charge in [-0.05, 0) is 55.8 Å². The summed E-state index contributed by atoms with van der Waals surface area (Å²) in [6.07, 6.45) is 4.05. The molecule has 0 spiro atoms. The number of aliphatic hydroxyl groups is 1. The normalized spacial score (nSPS) is 22.6. The van der Waals surface area contributed by atoms with Gasteiger partial charge in [-0.15, -0.1) is 0 Å². The fourth-order valence-electron chi connectivity index (χ4n) is 2.74. The minimum atomic E-state index is -0.0751. The van der Waals surface area contributed by atoms with Gasteiger partial charge in [0.1, 0.15) is 11.5 Å². The Kier molecular flexibility index (Phi) is 5.68. The molecule has 0 amide bonds. The average molecular weight is 279 g/mol. The molecule has 0 aromatic heterocycles. The first-order valence-electron chi connectivity index (χ1n) is 7.32. The Hall–Kier alpha value is -1.26. The standard InChI is InChI=1S/C16H25NO3/c1-19-15-7-13(8-16(9-15)20-2)11-17-10-12-3-5-14(18)6-4-12/h7-9,12,14,17-18H,3-6,10-11H2,1-2H3. The molecule has 1 aliphatic rings. The molecular formula is C16H25NO3. The maximum absolute atomic E-state index is 9.50. The van der Waals surface area contributed by atoms with Crippen LogP contribution in [0.25, 0.3) is 0 Å². The first-order chi connectivity index (χ1) is 9.71. The minimum absolute atomic E-state index is 0.0751. The molecule has 1 fully saturated rings. The van der Waals surface area contributed by atoms with Crippen molar-refractivity contribution in [2.75, 3.05) is 20.8 Å². The minimum Gasteiger partial charge on any atom is -0.497 e. The molecule has 0 bridgehead atoms. The molecule has 4 nitrogen and oxygen atoms in total. The second kappa shape index (κ2) is 7.50. The highest BCUT2D eigenvalue weighted by molar-refractivity contribution is 5.38. The van der Waals surface area contributed by atoms with E-state index < -0.39 is 0 Å². The fourth-order valence-corrected chi connectivity index (χ4v) is 2.74. The summed E-state index contributed by atoms with van der Waals surface area (Å²) in [5.74, 6) is 2.33. The maximum atomic E-state index is 9.50. The monoisotopic (exact) mass is 279 g/mol. The number of methoxy groups -OCH3 is 2. The van der Waals surface area contributed by atoms with Crippen LogP contribution in [-0.2, 0) is 6.54 Å². The van der Waals surface area contributed by atoms with Crippen molar-refractivity contribution in [3.63, 3.8) is 0 Å². The van der Waals surface area contributed by atoms with Gasteiger partial charge in [-0.3, -0.25) is 0 Å². The summed E-state index contributed by atoms with van der Waals surface area (Å²) < 4.78 is 10.5. The lowest BCUT2D eigenvalue weighted by Crippen LogP contribution is -2.27. The summed E-state index contributed by atoms with van der Waals surface area (Å²) in [5, 5.41) is 13.0. The van der Waals surface area contributed by atoms with Crippen LogP contribution in [0.1, 0.15) is 31.2 Å². The molecule has 1 aliphatic carbocycles. The van der Waals surface area contributed by atoms with Gasteiger partial charge < -0.3 is 19.9 Å². The van der Waals surface area contributed by atoms with Crippen molar-refractivity contribution in [3.8, 4) is 11.5 Å². The highest BCUT2D eigenvalue weighted by Crippen LogP contribution is 2.24. The van der Waals surface area contributed by atoms with E-state index >= 15 is 0 Å². The molecule has 0 heterocycles. The predicted octanol–water partition coefficient (Wildman–Crippen LogP) is 2.34. The molecule has 0 unspecified atom stereocenters. The van der Waals surface area contributed by atoms with Gasteiger partial charge in [0, 0.05) is 12.6 Å². The smallest absolute Gasteiger partial charge is 0.122 e. The van der Waals surface area contributed by atoms with Gasteiger partial charge in [0.05, 0.1) is 20.3 Å². The molecule has 0 radical (unpaired) electrons. The van der Waals surface area contributed by atoms with Crippen molar-refractivity contribution in [3.05, 3.63) is 23.8 Å². The van der Waals surface area contributed by atoms with Crippen LogP contribution in [0.3, 0.4) is 0 Å². The SMILES string of the molecule is COc1cc(CNCC2CCC(O)CC2)cc(OC)c1. The zero-order valence-corrected chi connectivity index (χ0v) is 12.4. The average Bonchev–Trinajstić information content (AvgIpc) is 2.49. The van der Waals surface area contributed by atoms with Crippen molar-refractivity contribution >= 4 is 0 Å². The molecule has 1 aromatic rings. The van der Waals surface area contributed by atoms with Crippen molar-refractivity contribution in [2.24, 2.45) is 5.92 Å². The summed E-state index contributed by atoms with van der Waals surface area (Å²) in [5.41, 5.74) is 1.16. The van der Waals surface area contributed by atoms with Gasteiger partial charge in [-0.1, -0.05) is 0 Å². The molecule has 2 N–H and O–H groups in total. The van der Waals surface area contributed by atoms with Crippen LogP contribution in [0.15, 0.2) is 18.2 Å². The van der Waals surface area contributed by atoms with Gasteiger partial charge in [0.2, 0.25) is 0 Å². The maximum Gasteiger partial charge on any atom is 0.122 e. The van der Waals surface area contributed by atoms with Gasteiger partial charge in [0.25, 0.3) is 0 Å². The largest absolute Gasteiger partial charge is 0.497 e. The Morgan fingerprint density at radius 1 is 1.05 bits per heavy atom. The number of benzene rings is 1. The molecule has 0 atom stereocenters. The molecule has 20 heavy (non-hydrogen) atoms. The van der Waals surface area contributed by atoms with Crippen molar-refractivity contribution in [1.82, 2.24) is 5.32 Å². The number of nitrogens with one attached hydrogen (secondary N) is 1. The Morgan fingerprint density at radius 2 is 1.65 bits per heavy atom. The quantitative estimate of drug-likeness (QED) is 0.839. The van der Waals surface area contributed by atoms with Gasteiger partial charge in [-0.2, -0.15) is 0 Å². The summed E-state index contributed by atoms with van der Waals surface area (Å²) in [4.78, 5) is 0. The number of rotatable bonds is 6. The second-order valence-electron chi connectivity index (χ2n) is 5.53. The van der Waals surface area contributed by atoms with Crippen LogP contribution in [0.2, 0.25) is 0 Å². The van der Waals surface area contributed by atoms with Crippen LogP contribution in [0, 0.1) is 5.92 Å². The molecule has 2 rings (SSSR count). The van der Waals surface area contributed by atoms with Crippen molar-refractivity contribution < 1.29 is 14.6 Å². The number of ether oxygens (including phenoxy) is 2. The van der Waals surface area contributed by atoms with Gasteiger partial charge >= 0.3 is 0 Å².